The summed E-state index contributed by atoms with van der Waals surface area (Å²) < 4.78 is 5.86. The van der Waals surface area contributed by atoms with Gasteiger partial charge in [-0.05, 0) is 35.1 Å². The minimum Gasteiger partial charge on any atom is -0.448 e. The lowest BCUT2D eigenvalue weighted by Gasteiger charge is -2.42. The monoisotopic (exact) mass is 417 g/mol. The van der Waals surface area contributed by atoms with E-state index in [9.17, 15) is 14.4 Å². The summed E-state index contributed by atoms with van der Waals surface area (Å²) in [5.74, 6) is -0.258. The molecule has 3 saturated heterocycles. The van der Waals surface area contributed by atoms with Crippen LogP contribution in [0.4, 0.5) is 9.59 Å². The lowest BCUT2D eigenvalue weighted by molar-refractivity contribution is -0.126. The van der Waals surface area contributed by atoms with Crippen molar-refractivity contribution in [1.29, 1.82) is 0 Å². The molecule has 0 saturated carbocycles. The Morgan fingerprint density at radius 1 is 0.968 bits per heavy atom. The zero-order valence-corrected chi connectivity index (χ0v) is 17.0. The molecule has 2 aromatic carbocycles. The van der Waals surface area contributed by atoms with Crippen LogP contribution in [-0.2, 0) is 9.53 Å². The molecule has 0 radical (unpaired) electrons. The molecule has 1 aliphatic carbocycles. The van der Waals surface area contributed by atoms with Crippen LogP contribution in [0.5, 0.6) is 0 Å². The van der Waals surface area contributed by atoms with Crippen LogP contribution in [-0.4, -0.2) is 47.2 Å². The van der Waals surface area contributed by atoms with Gasteiger partial charge in [-0.25, -0.2) is 9.59 Å². The average Bonchev–Trinajstić information content (AvgIpc) is 3.34. The van der Waals surface area contributed by atoms with Gasteiger partial charge in [-0.1, -0.05) is 48.5 Å². The number of piperidine rings is 1. The molecule has 1 spiro atoms. The summed E-state index contributed by atoms with van der Waals surface area (Å²) in [6.45, 7) is 0.283. The van der Waals surface area contributed by atoms with Crippen LogP contribution in [0.1, 0.15) is 42.7 Å². The van der Waals surface area contributed by atoms with E-state index < -0.39 is 11.6 Å². The Labute approximate surface area is 179 Å². The lowest BCUT2D eigenvalue weighted by atomic mass is 9.83. The number of nitrogens with zero attached hydrogens (tertiary/aromatic N) is 1. The first kappa shape index (κ1) is 18.4. The third-order valence-corrected chi connectivity index (χ3v) is 7.35. The maximum atomic E-state index is 13.1. The number of benzene rings is 2. The fourth-order valence-electron chi connectivity index (χ4n) is 6.03. The Morgan fingerprint density at radius 3 is 2.10 bits per heavy atom. The van der Waals surface area contributed by atoms with Gasteiger partial charge in [-0.2, -0.15) is 0 Å². The quantitative estimate of drug-likeness (QED) is 0.735. The van der Waals surface area contributed by atoms with E-state index in [1.165, 1.54) is 22.3 Å². The van der Waals surface area contributed by atoms with Crippen LogP contribution in [0.15, 0.2) is 48.5 Å². The SMILES string of the molecule is O=C1NC(=O)C2(CC3CCC(C2)N3C(=O)OCC2c3ccccc3-c3ccccc32)N1. The smallest absolute Gasteiger partial charge is 0.410 e. The second-order valence-electron chi connectivity index (χ2n) is 8.99. The van der Waals surface area contributed by atoms with E-state index in [4.69, 9.17) is 4.74 Å². The zero-order chi connectivity index (χ0) is 21.2. The number of rotatable bonds is 2. The van der Waals surface area contributed by atoms with Crippen molar-refractivity contribution in [2.75, 3.05) is 6.61 Å². The van der Waals surface area contributed by atoms with Gasteiger partial charge < -0.3 is 15.0 Å². The maximum Gasteiger partial charge on any atom is 0.410 e. The first-order valence-corrected chi connectivity index (χ1v) is 10.8. The molecule has 7 heteroatoms. The topological polar surface area (TPSA) is 87.7 Å². The number of hydrogen-bond donors (Lipinski definition) is 2. The van der Waals surface area contributed by atoms with Crippen molar-refractivity contribution < 1.29 is 19.1 Å². The molecule has 158 valence electrons. The van der Waals surface area contributed by atoms with Gasteiger partial charge in [0.15, 0.2) is 0 Å². The Morgan fingerprint density at radius 2 is 1.55 bits per heavy atom. The molecule has 6 rings (SSSR count). The molecule has 4 aliphatic rings. The van der Waals surface area contributed by atoms with Crippen LogP contribution in [0.3, 0.4) is 0 Å². The summed E-state index contributed by atoms with van der Waals surface area (Å²) in [6.07, 6.45) is 2.18. The molecule has 2 bridgehead atoms. The third-order valence-electron chi connectivity index (χ3n) is 7.35. The Hall–Kier alpha value is -3.35. The fraction of sp³-hybridized carbons (Fsp3) is 0.375. The average molecular weight is 417 g/mol. The van der Waals surface area contributed by atoms with Crippen molar-refractivity contribution >= 4 is 18.0 Å². The van der Waals surface area contributed by atoms with E-state index in [1.807, 2.05) is 24.3 Å². The van der Waals surface area contributed by atoms with E-state index in [-0.39, 0.29) is 36.6 Å². The van der Waals surface area contributed by atoms with Crippen LogP contribution in [0.2, 0.25) is 0 Å². The third kappa shape index (κ3) is 2.69. The molecule has 2 N–H and O–H groups in total. The molecule has 3 heterocycles. The molecule has 2 atom stereocenters. The van der Waals surface area contributed by atoms with E-state index in [1.54, 1.807) is 4.90 Å². The first-order valence-electron chi connectivity index (χ1n) is 10.8. The molecule has 4 amide bonds. The number of hydrogen-bond acceptors (Lipinski definition) is 4. The molecular weight excluding hydrogens is 394 g/mol. The van der Waals surface area contributed by atoms with Gasteiger partial charge in [-0.15, -0.1) is 0 Å². The molecule has 2 unspecified atom stereocenters. The largest absolute Gasteiger partial charge is 0.448 e. The zero-order valence-electron chi connectivity index (χ0n) is 17.0. The Kier molecular flexibility index (Phi) is 3.91. The minimum absolute atomic E-state index is 0.0185. The number of urea groups is 1. The number of amides is 4. The number of imide groups is 1. The van der Waals surface area contributed by atoms with Gasteiger partial charge in [-0.3, -0.25) is 10.1 Å². The number of carbonyl (C=O) groups excluding carboxylic acids is 3. The Balaban J connectivity index is 1.19. The highest BCUT2D eigenvalue weighted by molar-refractivity contribution is 6.07. The summed E-state index contributed by atoms with van der Waals surface area (Å²) in [7, 11) is 0. The van der Waals surface area contributed by atoms with Crippen molar-refractivity contribution in [2.45, 2.75) is 49.2 Å². The summed E-state index contributed by atoms with van der Waals surface area (Å²) in [4.78, 5) is 38.9. The predicted molar refractivity (Wildman–Crippen MR) is 112 cm³/mol. The summed E-state index contributed by atoms with van der Waals surface area (Å²) in [5, 5.41) is 5.15. The molecule has 31 heavy (non-hydrogen) atoms. The van der Waals surface area contributed by atoms with E-state index in [2.05, 4.69) is 34.9 Å². The molecular formula is C24H23N3O4. The van der Waals surface area contributed by atoms with Crippen molar-refractivity contribution in [1.82, 2.24) is 15.5 Å². The van der Waals surface area contributed by atoms with Crippen molar-refractivity contribution in [3.05, 3.63) is 59.7 Å². The van der Waals surface area contributed by atoms with E-state index >= 15 is 0 Å². The summed E-state index contributed by atoms with van der Waals surface area (Å²) in [5.41, 5.74) is 3.87. The number of ether oxygens (including phenoxy) is 1. The van der Waals surface area contributed by atoms with E-state index in [0.717, 1.165) is 12.8 Å². The molecule has 3 fully saturated rings. The van der Waals surface area contributed by atoms with E-state index in [0.29, 0.717) is 12.8 Å². The highest BCUT2D eigenvalue weighted by Crippen LogP contribution is 2.45. The summed E-state index contributed by atoms with van der Waals surface area (Å²) >= 11 is 0. The van der Waals surface area contributed by atoms with Crippen molar-refractivity contribution in [3.63, 3.8) is 0 Å². The second kappa shape index (κ2) is 6.57. The second-order valence-corrected chi connectivity index (χ2v) is 8.99. The molecule has 0 aromatic heterocycles. The van der Waals surface area contributed by atoms with Crippen LogP contribution < -0.4 is 10.6 Å². The van der Waals surface area contributed by atoms with Gasteiger partial charge >= 0.3 is 12.1 Å². The highest BCUT2D eigenvalue weighted by atomic mass is 16.6. The Bertz CT molecular complexity index is 1050. The molecule has 7 nitrogen and oxygen atoms in total. The van der Waals surface area contributed by atoms with Gasteiger partial charge in [0.05, 0.1) is 0 Å². The van der Waals surface area contributed by atoms with Crippen molar-refractivity contribution in [3.8, 4) is 11.1 Å². The van der Waals surface area contributed by atoms with Gasteiger partial charge in [0.2, 0.25) is 0 Å². The van der Waals surface area contributed by atoms with Crippen molar-refractivity contribution in [2.24, 2.45) is 0 Å². The van der Waals surface area contributed by atoms with Crippen LogP contribution in [0, 0.1) is 0 Å². The lowest BCUT2D eigenvalue weighted by Crippen LogP contribution is -2.60. The normalized spacial score (nSPS) is 28.3. The van der Waals surface area contributed by atoms with Gasteiger partial charge in [0.25, 0.3) is 5.91 Å². The molecule has 3 aliphatic heterocycles. The summed E-state index contributed by atoms with van der Waals surface area (Å²) in [6, 6.07) is 15.9. The van der Waals surface area contributed by atoms with Gasteiger partial charge in [0, 0.05) is 30.8 Å². The maximum absolute atomic E-state index is 13.1. The van der Waals surface area contributed by atoms with Crippen LogP contribution >= 0.6 is 0 Å². The van der Waals surface area contributed by atoms with Gasteiger partial charge in [0.1, 0.15) is 12.1 Å². The first-order chi connectivity index (χ1) is 15.1. The fourth-order valence-corrected chi connectivity index (χ4v) is 6.03. The predicted octanol–water partition coefficient (Wildman–Crippen LogP) is 3.14. The number of fused-ring (bicyclic) bond motifs is 5. The minimum atomic E-state index is -0.886. The number of nitrogens with one attached hydrogen (secondary N) is 2. The number of carbonyl (C=O) groups is 3. The molecule has 2 aromatic rings. The highest BCUT2D eigenvalue weighted by Gasteiger charge is 2.57. The standard InChI is InChI=1S/C24H23N3O4/c28-21-24(26-22(29)25-21)11-14-9-10-15(12-24)27(14)23(30)31-13-20-18-7-3-1-5-16(18)17-6-2-4-8-19(17)20/h1-8,14-15,20H,9-13H2,(H2,25,26,28,29). The van der Waals surface area contributed by atoms with Crippen LogP contribution in [0.25, 0.3) is 11.1 Å².